The SMILES string of the molecule is CCNc1nnc(C(=O)Nc2ccc(OC)cc2)s1. The predicted molar refractivity (Wildman–Crippen MR) is 75.0 cm³/mol. The highest BCUT2D eigenvalue weighted by atomic mass is 32.1. The maximum Gasteiger partial charge on any atom is 0.286 e. The minimum absolute atomic E-state index is 0.271. The van der Waals surface area contributed by atoms with Crippen molar-refractivity contribution in [2.75, 3.05) is 24.3 Å². The number of nitrogens with one attached hydrogen (secondary N) is 2. The third-order valence-electron chi connectivity index (χ3n) is 2.30. The van der Waals surface area contributed by atoms with Crippen LogP contribution in [0.5, 0.6) is 5.75 Å². The van der Waals surface area contributed by atoms with E-state index in [4.69, 9.17) is 4.74 Å². The Kier molecular flexibility index (Phi) is 4.30. The Balaban J connectivity index is 2.02. The van der Waals surface area contributed by atoms with E-state index in [1.807, 2.05) is 6.92 Å². The molecule has 0 saturated heterocycles. The number of carbonyl (C=O) groups is 1. The third-order valence-corrected chi connectivity index (χ3v) is 3.17. The summed E-state index contributed by atoms with van der Waals surface area (Å²) in [6.45, 7) is 2.70. The van der Waals surface area contributed by atoms with Gasteiger partial charge in [-0.15, -0.1) is 10.2 Å². The fraction of sp³-hybridized carbons (Fsp3) is 0.250. The first-order chi connectivity index (χ1) is 9.22. The van der Waals surface area contributed by atoms with Gasteiger partial charge < -0.3 is 15.4 Å². The lowest BCUT2D eigenvalue weighted by Gasteiger charge is -2.03. The van der Waals surface area contributed by atoms with Crippen molar-refractivity contribution in [2.24, 2.45) is 0 Å². The van der Waals surface area contributed by atoms with E-state index in [0.29, 0.717) is 15.8 Å². The molecule has 0 unspecified atom stereocenters. The Bertz CT molecular complexity index is 553. The van der Waals surface area contributed by atoms with Crippen LogP contribution in [0.2, 0.25) is 0 Å². The predicted octanol–water partition coefficient (Wildman–Crippen LogP) is 2.23. The molecule has 2 rings (SSSR count). The summed E-state index contributed by atoms with van der Waals surface area (Å²) in [7, 11) is 1.59. The third kappa shape index (κ3) is 3.41. The molecule has 0 bridgehead atoms. The summed E-state index contributed by atoms with van der Waals surface area (Å²) in [6, 6.07) is 7.09. The van der Waals surface area contributed by atoms with Crippen LogP contribution in [-0.4, -0.2) is 29.8 Å². The number of methoxy groups -OCH3 is 1. The lowest BCUT2D eigenvalue weighted by Crippen LogP contribution is -2.11. The standard InChI is InChI=1S/C12H14N4O2S/c1-3-13-12-16-15-11(19-12)10(17)14-8-4-6-9(18-2)7-5-8/h4-7H,3H2,1-2H3,(H,13,16)(H,14,17). The molecule has 1 amide bonds. The Labute approximate surface area is 114 Å². The van der Waals surface area contributed by atoms with Crippen LogP contribution >= 0.6 is 11.3 Å². The minimum Gasteiger partial charge on any atom is -0.497 e. The van der Waals surface area contributed by atoms with Crippen molar-refractivity contribution in [3.05, 3.63) is 29.3 Å². The Morgan fingerprint density at radius 3 is 2.68 bits per heavy atom. The van der Waals surface area contributed by atoms with E-state index in [1.54, 1.807) is 31.4 Å². The average Bonchev–Trinajstić information content (AvgIpc) is 2.89. The van der Waals surface area contributed by atoms with E-state index in [-0.39, 0.29) is 5.91 Å². The summed E-state index contributed by atoms with van der Waals surface area (Å²) in [6.07, 6.45) is 0. The normalized spacial score (nSPS) is 10.0. The lowest BCUT2D eigenvalue weighted by atomic mass is 10.3. The first kappa shape index (κ1) is 13.3. The second-order valence-electron chi connectivity index (χ2n) is 3.63. The molecule has 19 heavy (non-hydrogen) atoms. The Morgan fingerprint density at radius 1 is 1.32 bits per heavy atom. The molecule has 0 saturated carbocycles. The number of rotatable bonds is 5. The van der Waals surface area contributed by atoms with E-state index in [1.165, 1.54) is 11.3 Å². The van der Waals surface area contributed by atoms with E-state index in [2.05, 4.69) is 20.8 Å². The first-order valence-corrected chi connectivity index (χ1v) is 6.57. The monoisotopic (exact) mass is 278 g/mol. The van der Waals surface area contributed by atoms with Gasteiger partial charge >= 0.3 is 0 Å². The highest BCUT2D eigenvalue weighted by Crippen LogP contribution is 2.18. The highest BCUT2D eigenvalue weighted by molar-refractivity contribution is 7.17. The van der Waals surface area contributed by atoms with Crippen LogP contribution in [-0.2, 0) is 0 Å². The maximum atomic E-state index is 11.9. The van der Waals surface area contributed by atoms with Crippen LogP contribution in [0.25, 0.3) is 0 Å². The molecule has 0 atom stereocenters. The fourth-order valence-electron chi connectivity index (χ4n) is 1.40. The fourth-order valence-corrected chi connectivity index (χ4v) is 2.10. The van der Waals surface area contributed by atoms with Crippen molar-refractivity contribution >= 4 is 28.1 Å². The summed E-state index contributed by atoms with van der Waals surface area (Å²) in [5, 5.41) is 14.4. The smallest absolute Gasteiger partial charge is 0.286 e. The number of benzene rings is 1. The van der Waals surface area contributed by atoms with E-state index >= 15 is 0 Å². The molecule has 0 fully saturated rings. The average molecular weight is 278 g/mol. The number of carbonyl (C=O) groups excluding carboxylic acids is 1. The maximum absolute atomic E-state index is 11.9. The van der Waals surface area contributed by atoms with Crippen LogP contribution in [0.4, 0.5) is 10.8 Å². The largest absolute Gasteiger partial charge is 0.497 e. The number of hydrogen-bond donors (Lipinski definition) is 2. The Morgan fingerprint density at radius 2 is 2.05 bits per heavy atom. The molecule has 6 nitrogen and oxygen atoms in total. The van der Waals surface area contributed by atoms with Gasteiger partial charge in [-0.25, -0.2) is 0 Å². The molecule has 0 aliphatic carbocycles. The van der Waals surface area contributed by atoms with Crippen molar-refractivity contribution in [1.82, 2.24) is 10.2 Å². The molecule has 1 heterocycles. The molecule has 0 aliphatic heterocycles. The quantitative estimate of drug-likeness (QED) is 0.877. The lowest BCUT2D eigenvalue weighted by molar-refractivity contribution is 0.102. The van der Waals surface area contributed by atoms with Gasteiger partial charge in [0.1, 0.15) is 5.75 Å². The van der Waals surface area contributed by atoms with E-state index in [0.717, 1.165) is 12.3 Å². The zero-order valence-electron chi connectivity index (χ0n) is 10.6. The molecular weight excluding hydrogens is 264 g/mol. The molecule has 2 aromatic rings. The number of aromatic nitrogens is 2. The number of anilines is 2. The van der Waals surface area contributed by atoms with Gasteiger partial charge in [0.05, 0.1) is 7.11 Å². The first-order valence-electron chi connectivity index (χ1n) is 5.75. The zero-order chi connectivity index (χ0) is 13.7. The number of hydrogen-bond acceptors (Lipinski definition) is 6. The van der Waals surface area contributed by atoms with Gasteiger partial charge in [0.25, 0.3) is 5.91 Å². The molecule has 0 radical (unpaired) electrons. The molecule has 0 spiro atoms. The van der Waals surface area contributed by atoms with Gasteiger partial charge in [-0.3, -0.25) is 4.79 Å². The summed E-state index contributed by atoms with van der Waals surface area (Å²) in [5.74, 6) is 0.468. The van der Waals surface area contributed by atoms with Gasteiger partial charge in [0.15, 0.2) is 0 Å². The van der Waals surface area contributed by atoms with Crippen LogP contribution in [0.1, 0.15) is 16.7 Å². The molecule has 0 aliphatic rings. The summed E-state index contributed by atoms with van der Waals surface area (Å²) < 4.78 is 5.05. The van der Waals surface area contributed by atoms with Crippen molar-refractivity contribution in [3.8, 4) is 5.75 Å². The summed E-state index contributed by atoms with van der Waals surface area (Å²) >= 11 is 1.22. The van der Waals surface area contributed by atoms with Gasteiger partial charge in [0, 0.05) is 12.2 Å². The summed E-state index contributed by atoms with van der Waals surface area (Å²) in [5.41, 5.74) is 0.686. The van der Waals surface area contributed by atoms with Crippen LogP contribution in [0.15, 0.2) is 24.3 Å². The number of ether oxygens (including phenoxy) is 1. The topological polar surface area (TPSA) is 76.1 Å². The van der Waals surface area contributed by atoms with Gasteiger partial charge in [-0.1, -0.05) is 11.3 Å². The number of nitrogens with zero attached hydrogens (tertiary/aromatic N) is 2. The molecule has 100 valence electrons. The molecular formula is C12H14N4O2S. The van der Waals surface area contributed by atoms with Crippen molar-refractivity contribution in [3.63, 3.8) is 0 Å². The Hall–Kier alpha value is -2.15. The second kappa shape index (κ2) is 6.14. The molecule has 2 N–H and O–H groups in total. The summed E-state index contributed by atoms with van der Waals surface area (Å²) in [4.78, 5) is 11.9. The molecule has 1 aromatic carbocycles. The number of amides is 1. The zero-order valence-corrected chi connectivity index (χ0v) is 11.5. The van der Waals surface area contributed by atoms with E-state index in [9.17, 15) is 4.79 Å². The minimum atomic E-state index is -0.271. The molecule has 7 heteroatoms. The van der Waals surface area contributed by atoms with Crippen LogP contribution < -0.4 is 15.4 Å². The highest BCUT2D eigenvalue weighted by Gasteiger charge is 2.12. The van der Waals surface area contributed by atoms with Gasteiger partial charge in [-0.2, -0.15) is 0 Å². The van der Waals surface area contributed by atoms with Gasteiger partial charge in [0.2, 0.25) is 10.1 Å². The van der Waals surface area contributed by atoms with Crippen LogP contribution in [0, 0.1) is 0 Å². The molecule has 1 aromatic heterocycles. The van der Waals surface area contributed by atoms with E-state index < -0.39 is 0 Å². The van der Waals surface area contributed by atoms with Gasteiger partial charge in [-0.05, 0) is 31.2 Å². The van der Waals surface area contributed by atoms with Crippen molar-refractivity contribution in [1.29, 1.82) is 0 Å². The van der Waals surface area contributed by atoms with Crippen LogP contribution in [0.3, 0.4) is 0 Å². The van der Waals surface area contributed by atoms with Crippen molar-refractivity contribution in [2.45, 2.75) is 6.92 Å². The second-order valence-corrected chi connectivity index (χ2v) is 4.60. The van der Waals surface area contributed by atoms with Crippen molar-refractivity contribution < 1.29 is 9.53 Å².